The molecule has 124 valence electrons. The summed E-state index contributed by atoms with van der Waals surface area (Å²) in [7, 11) is 2.10. The molecule has 24 heavy (non-hydrogen) atoms. The van der Waals surface area contributed by atoms with Gasteiger partial charge in [-0.1, -0.05) is 30.0 Å². The summed E-state index contributed by atoms with van der Waals surface area (Å²) in [4.78, 5) is 16.8. The summed E-state index contributed by atoms with van der Waals surface area (Å²) < 4.78 is 0. The zero-order valence-corrected chi connectivity index (χ0v) is 14.6. The number of ketones is 1. The smallest absolute Gasteiger partial charge is 0.205 e. The van der Waals surface area contributed by atoms with E-state index in [9.17, 15) is 4.79 Å². The van der Waals surface area contributed by atoms with Crippen molar-refractivity contribution in [3.8, 4) is 0 Å². The molecule has 0 spiro atoms. The number of hydrogen-bond donors (Lipinski definition) is 0. The highest BCUT2D eigenvalue weighted by molar-refractivity contribution is 7.99. The average Bonchev–Trinajstić information content (AvgIpc) is 2.62. The van der Waals surface area contributed by atoms with Gasteiger partial charge in [-0.25, -0.2) is 0 Å². The van der Waals surface area contributed by atoms with E-state index in [0.29, 0.717) is 5.56 Å². The first-order valence-corrected chi connectivity index (χ1v) is 8.87. The Morgan fingerprint density at radius 1 is 0.958 bits per heavy atom. The Kier molecular flexibility index (Phi) is 5.67. The van der Waals surface area contributed by atoms with Gasteiger partial charge >= 0.3 is 0 Å². The second kappa shape index (κ2) is 8.13. The maximum atomic E-state index is 12.2. The predicted octanol–water partition coefficient (Wildman–Crippen LogP) is 3.25. The number of Topliss-reactive ketones (excluding diaryl/α,β-unsaturated/α-hetero) is 1. The van der Waals surface area contributed by atoms with E-state index >= 15 is 0 Å². The van der Waals surface area contributed by atoms with Crippen LogP contribution in [0.1, 0.15) is 10.4 Å². The third-order valence-electron chi connectivity index (χ3n) is 3.94. The van der Waals surface area contributed by atoms with Gasteiger partial charge < -0.3 is 4.90 Å². The molecule has 0 N–H and O–H groups in total. The van der Waals surface area contributed by atoms with E-state index in [2.05, 4.69) is 29.2 Å². The van der Waals surface area contributed by atoms with Crippen LogP contribution in [0.15, 0.2) is 69.5 Å². The van der Waals surface area contributed by atoms with Gasteiger partial charge in [0, 0.05) is 41.5 Å². The van der Waals surface area contributed by atoms with Crippen molar-refractivity contribution in [1.29, 1.82) is 0 Å². The first kappa shape index (κ1) is 16.7. The topological polar surface area (TPSA) is 35.9 Å². The molecular weight excluding hydrogens is 318 g/mol. The number of piperazine rings is 1. The molecule has 2 aromatic carbocycles. The fourth-order valence-electron chi connectivity index (χ4n) is 2.43. The molecule has 1 aliphatic rings. The van der Waals surface area contributed by atoms with Gasteiger partial charge in [0.05, 0.1) is 6.21 Å². The van der Waals surface area contributed by atoms with E-state index in [1.54, 1.807) is 11.8 Å². The van der Waals surface area contributed by atoms with E-state index in [-0.39, 0.29) is 5.78 Å². The minimum absolute atomic E-state index is 0.0508. The lowest BCUT2D eigenvalue weighted by atomic mass is 10.1. The summed E-state index contributed by atoms with van der Waals surface area (Å²) in [6.07, 6.45) is 1.44. The third kappa shape index (κ3) is 4.69. The molecule has 0 unspecified atom stereocenters. The lowest BCUT2D eigenvalue weighted by Gasteiger charge is -2.30. The fourth-order valence-corrected chi connectivity index (χ4v) is 3.27. The van der Waals surface area contributed by atoms with Crippen LogP contribution in [-0.2, 0) is 0 Å². The summed E-state index contributed by atoms with van der Waals surface area (Å²) in [5.74, 6) is -0.0508. The number of nitrogens with zero attached hydrogens (tertiary/aromatic N) is 3. The van der Waals surface area contributed by atoms with Gasteiger partial charge in [-0.15, -0.1) is 0 Å². The Bertz CT molecular complexity index is 692. The van der Waals surface area contributed by atoms with E-state index in [1.807, 2.05) is 47.5 Å². The van der Waals surface area contributed by atoms with Crippen LogP contribution in [0, 0.1) is 0 Å². The van der Waals surface area contributed by atoms with Gasteiger partial charge in [0.25, 0.3) is 0 Å². The molecule has 0 amide bonds. The molecule has 1 fully saturated rings. The largest absolute Gasteiger partial charge is 0.303 e. The minimum atomic E-state index is -0.0508. The molecule has 1 aliphatic heterocycles. The lowest BCUT2D eigenvalue weighted by Crippen LogP contribution is -2.41. The predicted molar refractivity (Wildman–Crippen MR) is 98.9 cm³/mol. The van der Waals surface area contributed by atoms with Crippen LogP contribution in [0.3, 0.4) is 0 Å². The van der Waals surface area contributed by atoms with Crippen molar-refractivity contribution in [2.24, 2.45) is 5.10 Å². The van der Waals surface area contributed by atoms with Crippen LogP contribution >= 0.6 is 11.8 Å². The monoisotopic (exact) mass is 339 g/mol. The molecule has 0 radical (unpaired) electrons. The van der Waals surface area contributed by atoms with Crippen LogP contribution in [0.25, 0.3) is 0 Å². The number of rotatable bonds is 5. The molecule has 2 aromatic rings. The Morgan fingerprint density at radius 2 is 1.58 bits per heavy atom. The van der Waals surface area contributed by atoms with Gasteiger partial charge in [-0.3, -0.25) is 9.80 Å². The number of carbonyl (C=O) groups is 1. The molecule has 4 nitrogen and oxygen atoms in total. The first-order valence-electron chi connectivity index (χ1n) is 8.05. The summed E-state index contributed by atoms with van der Waals surface area (Å²) in [5, 5.41) is 6.27. The number of likely N-dealkylation sites (N-methyl/N-ethyl adjacent to an activating group) is 1. The van der Waals surface area contributed by atoms with E-state index in [0.717, 1.165) is 31.1 Å². The van der Waals surface area contributed by atoms with Gasteiger partial charge in [-0.2, -0.15) is 5.10 Å². The molecule has 3 rings (SSSR count). The summed E-state index contributed by atoms with van der Waals surface area (Å²) >= 11 is 1.69. The Labute approximate surface area is 147 Å². The molecule has 0 saturated carbocycles. The van der Waals surface area contributed by atoms with Crippen LogP contribution in [0.2, 0.25) is 0 Å². The molecule has 0 aliphatic carbocycles. The van der Waals surface area contributed by atoms with Crippen molar-refractivity contribution < 1.29 is 4.79 Å². The molecule has 1 saturated heterocycles. The average molecular weight is 339 g/mol. The van der Waals surface area contributed by atoms with E-state index in [4.69, 9.17) is 0 Å². The highest BCUT2D eigenvalue weighted by Crippen LogP contribution is 2.27. The normalized spacial score (nSPS) is 15.8. The second-order valence-corrected chi connectivity index (χ2v) is 6.95. The van der Waals surface area contributed by atoms with Crippen LogP contribution in [-0.4, -0.2) is 55.1 Å². The number of hydrazone groups is 1. The van der Waals surface area contributed by atoms with Crippen molar-refractivity contribution in [3.63, 3.8) is 0 Å². The highest BCUT2D eigenvalue weighted by Gasteiger charge is 2.11. The van der Waals surface area contributed by atoms with Gasteiger partial charge in [0.1, 0.15) is 0 Å². The van der Waals surface area contributed by atoms with E-state index in [1.165, 1.54) is 11.1 Å². The number of hydrogen-bond acceptors (Lipinski definition) is 5. The number of benzene rings is 2. The van der Waals surface area contributed by atoms with Crippen molar-refractivity contribution in [2.75, 3.05) is 33.2 Å². The summed E-state index contributed by atoms with van der Waals surface area (Å²) in [5.41, 5.74) is 0.672. The SMILES string of the molecule is CN1CCN(/N=C\C(=O)c2ccc(Sc3ccccc3)cc2)CC1. The lowest BCUT2D eigenvalue weighted by molar-refractivity contribution is 0.106. The maximum Gasteiger partial charge on any atom is 0.205 e. The standard InChI is InChI=1S/C19H21N3OS/c1-21-11-13-22(14-12-21)20-15-19(23)16-7-9-18(10-8-16)24-17-5-3-2-4-6-17/h2-10,15H,11-14H2,1H3/b20-15-. The summed E-state index contributed by atoms with van der Waals surface area (Å²) in [6, 6.07) is 17.9. The number of carbonyl (C=O) groups excluding carboxylic acids is 1. The zero-order chi connectivity index (χ0) is 16.8. The van der Waals surface area contributed by atoms with Gasteiger partial charge in [-0.05, 0) is 43.4 Å². The second-order valence-electron chi connectivity index (χ2n) is 5.81. The van der Waals surface area contributed by atoms with Gasteiger partial charge in [0.2, 0.25) is 5.78 Å². The van der Waals surface area contributed by atoms with Crippen LogP contribution in [0.5, 0.6) is 0 Å². The van der Waals surface area contributed by atoms with Crippen molar-refractivity contribution >= 4 is 23.8 Å². The molecule has 1 heterocycles. The van der Waals surface area contributed by atoms with Crippen molar-refractivity contribution in [2.45, 2.75) is 9.79 Å². The zero-order valence-electron chi connectivity index (χ0n) is 13.8. The molecule has 5 heteroatoms. The fraction of sp³-hybridized carbons (Fsp3) is 0.263. The Hall–Kier alpha value is -2.11. The summed E-state index contributed by atoms with van der Waals surface area (Å²) in [6.45, 7) is 3.70. The van der Waals surface area contributed by atoms with Gasteiger partial charge in [0.15, 0.2) is 0 Å². The minimum Gasteiger partial charge on any atom is -0.303 e. The van der Waals surface area contributed by atoms with Crippen LogP contribution in [0.4, 0.5) is 0 Å². The quantitative estimate of drug-likeness (QED) is 0.619. The Balaban J connectivity index is 1.57. The van der Waals surface area contributed by atoms with Crippen molar-refractivity contribution in [1.82, 2.24) is 9.91 Å². The highest BCUT2D eigenvalue weighted by atomic mass is 32.2. The third-order valence-corrected chi connectivity index (χ3v) is 4.95. The van der Waals surface area contributed by atoms with E-state index < -0.39 is 0 Å². The molecule has 0 atom stereocenters. The first-order chi connectivity index (χ1) is 11.7. The molecule has 0 aromatic heterocycles. The molecular formula is C19H21N3OS. The van der Waals surface area contributed by atoms with Crippen LogP contribution < -0.4 is 0 Å². The molecule has 0 bridgehead atoms. The maximum absolute atomic E-state index is 12.2. The Morgan fingerprint density at radius 3 is 2.25 bits per heavy atom. The van der Waals surface area contributed by atoms with Crippen molar-refractivity contribution in [3.05, 3.63) is 60.2 Å².